The Bertz CT molecular complexity index is 432. The van der Waals surface area contributed by atoms with E-state index in [0.29, 0.717) is 0 Å². The Labute approximate surface area is 75.9 Å². The summed E-state index contributed by atoms with van der Waals surface area (Å²) >= 11 is 0. The van der Waals surface area contributed by atoms with Crippen molar-refractivity contribution < 1.29 is 0 Å². The highest BCUT2D eigenvalue weighted by molar-refractivity contribution is 5.93. The smallest absolute Gasteiger partial charge is 0.0142 e. The molecule has 0 aliphatic rings. The molecule has 0 atom stereocenters. The quantitative estimate of drug-likeness (QED) is 0.546. The molecule has 0 saturated carbocycles. The summed E-state index contributed by atoms with van der Waals surface area (Å²) < 4.78 is 0. The minimum absolute atomic E-state index is 0.806. The number of anilines is 1. The summed E-state index contributed by atoms with van der Waals surface area (Å²) in [7, 11) is 0. The molecular weight excluding hydrogens is 162 g/mol. The monoisotopic (exact) mass is 170 g/mol. The summed E-state index contributed by atoms with van der Waals surface area (Å²) in [4.78, 5) is 0. The van der Waals surface area contributed by atoms with Gasteiger partial charge in [0, 0.05) is 0 Å². The van der Waals surface area contributed by atoms with E-state index in [9.17, 15) is 0 Å². The number of benzene rings is 2. The van der Waals surface area contributed by atoms with Crippen LogP contribution in [-0.4, -0.2) is 0 Å². The van der Waals surface area contributed by atoms with Crippen molar-refractivity contribution in [2.24, 2.45) is 5.22 Å². The van der Waals surface area contributed by atoms with Crippen molar-refractivity contribution in [3.05, 3.63) is 48.0 Å². The molecule has 0 aromatic heterocycles. The van der Waals surface area contributed by atoms with Crippen LogP contribution in [0.2, 0.25) is 0 Å². The van der Waals surface area contributed by atoms with E-state index >= 15 is 0 Å². The summed E-state index contributed by atoms with van der Waals surface area (Å²) in [6.45, 7) is 0. The van der Waals surface area contributed by atoms with Crippen LogP contribution in [0.25, 0.3) is 16.3 Å². The summed E-state index contributed by atoms with van der Waals surface area (Å²) in [5.41, 5.74) is 11.7. The zero-order chi connectivity index (χ0) is 9.10. The van der Waals surface area contributed by atoms with Gasteiger partial charge in [-0.15, -0.1) is 0 Å². The lowest BCUT2D eigenvalue weighted by molar-refractivity contribution is 1.33. The second kappa shape index (κ2) is 3.23. The third-order valence-electron chi connectivity index (χ3n) is 1.96. The van der Waals surface area contributed by atoms with Crippen LogP contribution < -0.4 is 5.43 Å². The fourth-order valence-corrected chi connectivity index (χ4v) is 1.38. The molecule has 0 amide bonds. The highest BCUT2D eigenvalue weighted by Crippen LogP contribution is 2.22. The normalized spacial score (nSPS) is 9.85. The highest BCUT2D eigenvalue weighted by atomic mass is 15.4. The van der Waals surface area contributed by atoms with Gasteiger partial charge in [0.1, 0.15) is 0 Å². The van der Waals surface area contributed by atoms with Gasteiger partial charge in [0.05, 0.1) is 0 Å². The van der Waals surface area contributed by atoms with E-state index < -0.39 is 0 Å². The minimum atomic E-state index is 0.806. The van der Waals surface area contributed by atoms with Crippen LogP contribution in [0.1, 0.15) is 0 Å². The molecule has 0 radical (unpaired) electrons. The second-order valence-electron chi connectivity index (χ2n) is 2.74. The van der Waals surface area contributed by atoms with E-state index in [-0.39, 0.29) is 0 Å². The largest absolute Gasteiger partial charge is 0.386 e. The first-order valence-corrected chi connectivity index (χ1v) is 3.99. The van der Waals surface area contributed by atoms with Gasteiger partial charge in [-0.25, -0.2) is 0 Å². The molecule has 0 fully saturated rings. The van der Waals surface area contributed by atoms with Crippen molar-refractivity contribution in [2.45, 2.75) is 0 Å². The average molecular weight is 170 g/mol. The lowest BCUT2D eigenvalue weighted by atomic mass is 10.1. The molecule has 0 aliphatic heterocycles. The third kappa shape index (κ3) is 1.36. The Balaban J connectivity index is 2.68. The van der Waals surface area contributed by atoms with Crippen LogP contribution in [0.3, 0.4) is 0 Å². The van der Waals surface area contributed by atoms with Crippen LogP contribution in [-0.2, 0) is 0 Å². The predicted molar refractivity (Wildman–Crippen MR) is 53.4 cm³/mol. The molecule has 64 valence electrons. The van der Waals surface area contributed by atoms with Crippen LogP contribution in [0.5, 0.6) is 0 Å². The van der Waals surface area contributed by atoms with Crippen molar-refractivity contribution in [2.75, 3.05) is 5.43 Å². The van der Waals surface area contributed by atoms with Crippen LogP contribution in [0, 0.1) is 0 Å². The first-order valence-electron chi connectivity index (χ1n) is 3.99. The Kier molecular flexibility index (Phi) is 1.92. The van der Waals surface area contributed by atoms with E-state index in [0.717, 1.165) is 16.5 Å². The van der Waals surface area contributed by atoms with Gasteiger partial charge in [-0.3, -0.25) is 5.22 Å². The molecule has 2 aromatic carbocycles. The van der Waals surface area contributed by atoms with Crippen LogP contribution in [0.4, 0.5) is 5.69 Å². The van der Waals surface area contributed by atoms with Gasteiger partial charge >= 0.3 is 0 Å². The number of hydrogen-bond donors (Lipinski definition) is 1. The van der Waals surface area contributed by atoms with Crippen molar-refractivity contribution in [3.8, 4) is 0 Å². The number of fused-ring (bicyclic) bond motifs is 1. The van der Waals surface area contributed by atoms with Crippen LogP contribution in [0.15, 0.2) is 47.7 Å². The average Bonchev–Trinajstić information content (AvgIpc) is 2.19. The predicted octanol–water partition coefficient (Wildman–Crippen LogP) is 3.19. The van der Waals surface area contributed by atoms with Crippen molar-refractivity contribution in [1.82, 2.24) is 0 Å². The van der Waals surface area contributed by atoms with E-state index in [4.69, 9.17) is 5.53 Å². The highest BCUT2D eigenvalue weighted by Gasteiger charge is 1.93. The van der Waals surface area contributed by atoms with E-state index in [1.807, 2.05) is 42.5 Å². The SMILES string of the molecule is [N-]=NNc1cccc2ccccc12. The molecule has 13 heavy (non-hydrogen) atoms. The van der Waals surface area contributed by atoms with Gasteiger partial charge in [0.25, 0.3) is 0 Å². The van der Waals surface area contributed by atoms with Gasteiger partial charge in [0.2, 0.25) is 0 Å². The van der Waals surface area contributed by atoms with E-state index in [2.05, 4.69) is 10.6 Å². The summed E-state index contributed by atoms with van der Waals surface area (Å²) in [6, 6.07) is 13.7. The zero-order valence-electron chi connectivity index (χ0n) is 6.94. The fourth-order valence-electron chi connectivity index (χ4n) is 1.38. The molecule has 0 spiro atoms. The summed E-state index contributed by atoms with van der Waals surface area (Å²) in [6.07, 6.45) is 0. The van der Waals surface area contributed by atoms with Gasteiger partial charge in [-0.2, -0.15) is 0 Å². The molecule has 0 saturated heterocycles. The Morgan fingerprint density at radius 3 is 2.62 bits per heavy atom. The van der Waals surface area contributed by atoms with Crippen molar-refractivity contribution in [1.29, 1.82) is 0 Å². The molecule has 2 rings (SSSR count). The summed E-state index contributed by atoms with van der Waals surface area (Å²) in [5.74, 6) is 0. The molecule has 3 heteroatoms. The summed E-state index contributed by atoms with van der Waals surface area (Å²) in [5, 5.41) is 5.07. The third-order valence-corrected chi connectivity index (χ3v) is 1.96. The first-order chi connectivity index (χ1) is 6.42. The van der Waals surface area contributed by atoms with Crippen molar-refractivity contribution >= 4 is 16.5 Å². The maximum Gasteiger partial charge on any atom is -0.0142 e. The zero-order valence-corrected chi connectivity index (χ0v) is 6.94. The van der Waals surface area contributed by atoms with Gasteiger partial charge in [0.15, 0.2) is 0 Å². The Hall–Kier alpha value is -1.90. The fraction of sp³-hybridized carbons (Fsp3) is 0. The van der Waals surface area contributed by atoms with Gasteiger partial charge in [-0.1, -0.05) is 42.5 Å². The number of hydrogen-bond acceptors (Lipinski definition) is 1. The number of rotatable bonds is 2. The maximum absolute atomic E-state index is 8.39. The lowest BCUT2D eigenvalue weighted by Gasteiger charge is -2.09. The number of nitrogens with one attached hydrogen (secondary N) is 1. The lowest BCUT2D eigenvalue weighted by Crippen LogP contribution is -1.86. The van der Waals surface area contributed by atoms with Crippen LogP contribution >= 0.6 is 0 Å². The van der Waals surface area contributed by atoms with Crippen molar-refractivity contribution in [3.63, 3.8) is 0 Å². The standard InChI is InChI=1S/C10H8N3/c11-13-12-10-7-3-5-8-4-1-2-6-9(8)10/h1-7H,(H-,11,12)/q-1. The Morgan fingerprint density at radius 2 is 1.77 bits per heavy atom. The molecule has 2 aromatic rings. The molecule has 0 unspecified atom stereocenters. The topological polar surface area (TPSA) is 46.7 Å². The molecule has 1 N–H and O–H groups in total. The Morgan fingerprint density at radius 1 is 1.00 bits per heavy atom. The molecule has 0 aliphatic carbocycles. The van der Waals surface area contributed by atoms with E-state index in [1.165, 1.54) is 0 Å². The number of nitrogens with zero attached hydrogens (tertiary/aromatic N) is 2. The van der Waals surface area contributed by atoms with Gasteiger partial charge in [-0.05, 0) is 16.5 Å². The van der Waals surface area contributed by atoms with E-state index in [1.54, 1.807) is 0 Å². The molecule has 3 nitrogen and oxygen atoms in total. The molecule has 0 bridgehead atoms. The molecule has 0 heterocycles. The first kappa shape index (κ1) is 7.73. The maximum atomic E-state index is 8.39. The minimum Gasteiger partial charge on any atom is -0.386 e. The second-order valence-corrected chi connectivity index (χ2v) is 2.74. The molecular formula is C10H8N3-. The van der Waals surface area contributed by atoms with Gasteiger partial charge < -0.3 is 11.0 Å².